The summed E-state index contributed by atoms with van der Waals surface area (Å²) in [5.41, 5.74) is -0.573. The largest absolute Gasteiger partial charge is 0.494 e. The van der Waals surface area contributed by atoms with Gasteiger partial charge in [-0.25, -0.2) is 0 Å². The number of halogens is 1. The molecule has 8 atom stereocenters. The molecule has 0 aromatic heterocycles. The number of anilines is 1. The van der Waals surface area contributed by atoms with E-state index in [1.165, 1.54) is 4.90 Å². The van der Waals surface area contributed by atoms with Crippen molar-refractivity contribution < 1.29 is 29.0 Å². The minimum Gasteiger partial charge on any atom is -0.494 e. The highest BCUT2D eigenvalue weighted by atomic mass is 79.9. The van der Waals surface area contributed by atoms with Crippen LogP contribution < -0.4 is 15.4 Å². The molecule has 1 aromatic rings. The Morgan fingerprint density at radius 3 is 2.47 bits per heavy atom. The number of carbonyl (C=O) groups excluding carboxylic acids is 3. The van der Waals surface area contributed by atoms with Crippen molar-refractivity contribution in [2.45, 2.75) is 88.5 Å². The quantitative estimate of drug-likeness (QED) is 0.339. The molecule has 2 bridgehead atoms. The van der Waals surface area contributed by atoms with Gasteiger partial charge in [0.15, 0.2) is 0 Å². The van der Waals surface area contributed by atoms with Gasteiger partial charge in [-0.15, -0.1) is 0 Å². The van der Waals surface area contributed by atoms with Crippen molar-refractivity contribution >= 4 is 39.3 Å². The molecule has 9 nitrogen and oxygen atoms in total. The van der Waals surface area contributed by atoms with Crippen molar-refractivity contribution in [2.24, 2.45) is 17.8 Å². The van der Waals surface area contributed by atoms with Crippen LogP contribution in [0.5, 0.6) is 5.75 Å². The van der Waals surface area contributed by atoms with Gasteiger partial charge < -0.3 is 30.1 Å². The number of rotatable bonds is 11. The Balaban J connectivity index is 1.68. The van der Waals surface area contributed by atoms with Crippen LogP contribution in [0, 0.1) is 17.8 Å². The zero-order valence-electron chi connectivity index (χ0n) is 22.8. The van der Waals surface area contributed by atoms with Crippen LogP contribution in [0.25, 0.3) is 0 Å². The Hall–Kier alpha value is -2.17. The van der Waals surface area contributed by atoms with Crippen LogP contribution in [-0.4, -0.2) is 75.6 Å². The highest BCUT2D eigenvalue weighted by Gasteiger charge is 2.77. The van der Waals surface area contributed by atoms with E-state index in [2.05, 4.69) is 26.6 Å². The van der Waals surface area contributed by atoms with Crippen LogP contribution in [0.4, 0.5) is 5.69 Å². The molecule has 3 aliphatic heterocycles. The van der Waals surface area contributed by atoms with Crippen LogP contribution in [0.3, 0.4) is 0 Å². The molecular weight excluding hydrogens is 554 g/mol. The highest BCUT2D eigenvalue weighted by molar-refractivity contribution is 9.09. The Kier molecular flexibility index (Phi) is 8.74. The number of likely N-dealkylation sites (tertiary alicyclic amines) is 1. The summed E-state index contributed by atoms with van der Waals surface area (Å²) >= 11 is 3.69. The Morgan fingerprint density at radius 1 is 1.21 bits per heavy atom. The number of aliphatic hydroxyl groups excluding tert-OH is 1. The third-order valence-corrected chi connectivity index (χ3v) is 8.98. The van der Waals surface area contributed by atoms with Gasteiger partial charge >= 0.3 is 0 Å². The van der Waals surface area contributed by atoms with Crippen LogP contribution in [0.1, 0.15) is 53.9 Å². The standard InChI is InChI=1S/C28H40BrN3O6/c1-6-8-16(5)30-26(35)24-28-13-19(29)23(38-28)21(22(28)27(36)32(24)20(14-33)15(3)4)25(34)31-17-9-11-18(12-10-17)37-7-2/h9-12,15-16,19-24,33H,6-8,13-14H2,1-5H3,(H,30,35)(H,31,34)/t16?,19?,20-,21-,22-,23-,24?,28?/m0/s1. The van der Waals surface area contributed by atoms with Gasteiger partial charge in [-0.1, -0.05) is 43.1 Å². The summed E-state index contributed by atoms with van der Waals surface area (Å²) in [6.07, 6.45) is 1.58. The van der Waals surface area contributed by atoms with Crippen LogP contribution in [-0.2, 0) is 19.1 Å². The van der Waals surface area contributed by atoms with E-state index in [1.807, 2.05) is 34.6 Å². The molecule has 4 rings (SSSR count). The Labute approximate surface area is 233 Å². The molecule has 38 heavy (non-hydrogen) atoms. The van der Waals surface area contributed by atoms with E-state index in [4.69, 9.17) is 9.47 Å². The van der Waals surface area contributed by atoms with Crippen molar-refractivity contribution in [3.05, 3.63) is 24.3 Å². The number of nitrogens with one attached hydrogen (secondary N) is 2. The number of ether oxygens (including phenoxy) is 2. The zero-order chi connectivity index (χ0) is 27.8. The van der Waals surface area contributed by atoms with Gasteiger partial charge in [-0.3, -0.25) is 14.4 Å². The average Bonchev–Trinajstić information content (AvgIpc) is 3.44. The maximum Gasteiger partial charge on any atom is 0.246 e. The minimum absolute atomic E-state index is 0.0800. The van der Waals surface area contributed by atoms with Crippen molar-refractivity contribution in [3.8, 4) is 5.75 Å². The molecule has 1 aromatic carbocycles. The molecule has 3 fully saturated rings. The predicted molar refractivity (Wildman–Crippen MR) is 147 cm³/mol. The van der Waals surface area contributed by atoms with Crippen LogP contribution in [0.15, 0.2) is 24.3 Å². The lowest BCUT2D eigenvalue weighted by atomic mass is 9.70. The van der Waals surface area contributed by atoms with Gasteiger partial charge in [-0.2, -0.15) is 0 Å². The second kappa shape index (κ2) is 11.5. The van der Waals surface area contributed by atoms with Crippen molar-refractivity contribution in [1.29, 1.82) is 0 Å². The normalized spacial score (nSPS) is 31.3. The molecular formula is C28H40BrN3O6. The van der Waals surface area contributed by atoms with Gasteiger partial charge in [0, 0.05) is 16.6 Å². The van der Waals surface area contributed by atoms with Gasteiger partial charge in [0.2, 0.25) is 17.7 Å². The highest BCUT2D eigenvalue weighted by Crippen LogP contribution is 2.60. The number of aliphatic hydroxyl groups is 1. The molecule has 1 spiro atoms. The summed E-state index contributed by atoms with van der Waals surface area (Å²) in [5, 5.41) is 16.3. The lowest BCUT2D eigenvalue weighted by Crippen LogP contribution is -2.60. The molecule has 0 aliphatic carbocycles. The molecule has 3 aliphatic rings. The van der Waals surface area contributed by atoms with Crippen molar-refractivity contribution in [2.75, 3.05) is 18.5 Å². The first-order valence-electron chi connectivity index (χ1n) is 13.7. The molecule has 210 valence electrons. The third-order valence-electron chi connectivity index (χ3n) is 8.14. The van der Waals surface area contributed by atoms with E-state index < -0.39 is 35.6 Å². The smallest absolute Gasteiger partial charge is 0.246 e. The van der Waals surface area contributed by atoms with E-state index in [0.29, 0.717) is 24.5 Å². The van der Waals surface area contributed by atoms with Gasteiger partial charge in [0.25, 0.3) is 0 Å². The molecule has 0 saturated carbocycles. The molecule has 10 heteroatoms. The van der Waals surface area contributed by atoms with Gasteiger partial charge in [0.1, 0.15) is 17.4 Å². The van der Waals surface area contributed by atoms with Crippen LogP contribution >= 0.6 is 15.9 Å². The summed E-state index contributed by atoms with van der Waals surface area (Å²) in [5.74, 6) is -1.95. The first-order chi connectivity index (χ1) is 18.1. The van der Waals surface area contributed by atoms with E-state index in [9.17, 15) is 19.5 Å². The van der Waals surface area contributed by atoms with Gasteiger partial charge in [-0.05, 0) is 56.9 Å². The number of carbonyl (C=O) groups is 3. The van der Waals surface area contributed by atoms with Crippen LogP contribution in [0.2, 0.25) is 0 Å². The first kappa shape index (κ1) is 28.8. The lowest BCUT2D eigenvalue weighted by molar-refractivity contribution is -0.146. The fraction of sp³-hybridized carbons (Fsp3) is 0.679. The topological polar surface area (TPSA) is 117 Å². The van der Waals surface area contributed by atoms with E-state index in [0.717, 1.165) is 12.8 Å². The molecule has 3 heterocycles. The number of benzene rings is 1. The number of nitrogens with zero attached hydrogens (tertiary/aromatic N) is 1. The summed E-state index contributed by atoms with van der Waals surface area (Å²) in [7, 11) is 0. The number of amides is 3. The summed E-state index contributed by atoms with van der Waals surface area (Å²) in [6, 6.07) is 5.47. The Bertz CT molecular complexity index is 1040. The molecule has 4 unspecified atom stereocenters. The maximum atomic E-state index is 14.1. The minimum atomic E-state index is -1.16. The summed E-state index contributed by atoms with van der Waals surface area (Å²) in [6.45, 7) is 9.97. The second-order valence-electron chi connectivity index (χ2n) is 11.0. The van der Waals surface area contributed by atoms with Crippen molar-refractivity contribution in [3.63, 3.8) is 0 Å². The molecule has 0 radical (unpaired) electrons. The van der Waals surface area contributed by atoms with Gasteiger partial charge in [0.05, 0.1) is 37.2 Å². The zero-order valence-corrected chi connectivity index (χ0v) is 24.4. The Morgan fingerprint density at radius 2 is 1.89 bits per heavy atom. The molecule has 3 saturated heterocycles. The fourth-order valence-corrected chi connectivity index (χ4v) is 7.44. The first-order valence-corrected chi connectivity index (χ1v) is 14.6. The third kappa shape index (κ3) is 4.95. The fourth-order valence-electron chi connectivity index (χ4n) is 6.50. The van der Waals surface area contributed by atoms with E-state index in [-0.39, 0.29) is 41.1 Å². The number of hydrogen-bond acceptors (Lipinski definition) is 6. The van der Waals surface area contributed by atoms with E-state index >= 15 is 0 Å². The second-order valence-corrected chi connectivity index (χ2v) is 12.2. The summed E-state index contributed by atoms with van der Waals surface area (Å²) in [4.78, 5) is 43.0. The SMILES string of the molecule is CCCC(C)NC(=O)C1N([C@@H](CO)C(C)C)C(=O)[C@@H]2[C@H](C(=O)Nc3ccc(OCC)cc3)[C@H]3OC12CC3Br. The molecule has 3 amide bonds. The van der Waals surface area contributed by atoms with Crippen molar-refractivity contribution in [1.82, 2.24) is 10.2 Å². The number of hydrogen-bond donors (Lipinski definition) is 3. The lowest BCUT2D eigenvalue weighted by Gasteiger charge is -2.38. The monoisotopic (exact) mass is 593 g/mol. The average molecular weight is 595 g/mol. The van der Waals surface area contributed by atoms with E-state index in [1.54, 1.807) is 24.3 Å². The molecule has 3 N–H and O–H groups in total. The summed E-state index contributed by atoms with van der Waals surface area (Å²) < 4.78 is 12.0. The predicted octanol–water partition coefficient (Wildman–Crippen LogP) is 3.09. The maximum absolute atomic E-state index is 14.1. The number of fused-ring (bicyclic) bond motifs is 1. The number of alkyl halides is 1.